The number of likely N-dealkylation sites (N-methyl/N-ethyl adjacent to an activating group) is 1. The molecule has 0 spiro atoms. The number of rotatable bonds is 0. The zero-order valence-electron chi connectivity index (χ0n) is 11.2. The van der Waals surface area contributed by atoms with Crippen LogP contribution < -0.4 is 4.90 Å². The predicted octanol–water partition coefficient (Wildman–Crippen LogP) is 3.69. The summed E-state index contributed by atoms with van der Waals surface area (Å²) in [6.45, 7) is 0. The minimum Gasteiger partial charge on any atom is -0.454 e. The summed E-state index contributed by atoms with van der Waals surface area (Å²) in [5, 5.41) is 2.41. The highest BCUT2D eigenvalue weighted by Crippen LogP contribution is 2.44. The van der Waals surface area contributed by atoms with Crippen molar-refractivity contribution in [2.75, 3.05) is 11.9 Å². The quantitative estimate of drug-likeness (QED) is 0.616. The lowest BCUT2D eigenvalue weighted by atomic mass is 10.1. The van der Waals surface area contributed by atoms with Gasteiger partial charge in [-0.05, 0) is 11.6 Å². The summed E-state index contributed by atoms with van der Waals surface area (Å²) in [6, 6.07) is 12.7. The van der Waals surface area contributed by atoms with Gasteiger partial charge < -0.3 is 14.2 Å². The standard InChI is InChI=1S/C17H14N2O/c1-18-8-9-19-15(18)10-11-6-7-13-12-4-2-3-5-14(12)20-17(13)16(11)19/h2-9,15H,10H2,1H3/t15-/m1/s1. The van der Waals surface area contributed by atoms with Crippen LogP contribution in [0.1, 0.15) is 5.56 Å². The molecular formula is C17H14N2O. The van der Waals surface area contributed by atoms with Crippen LogP contribution in [0.5, 0.6) is 0 Å². The van der Waals surface area contributed by atoms with Crippen molar-refractivity contribution >= 4 is 27.6 Å². The minimum absolute atomic E-state index is 0.406. The molecule has 3 heteroatoms. The second-order valence-electron chi connectivity index (χ2n) is 5.60. The third-order valence-electron chi connectivity index (χ3n) is 4.52. The van der Waals surface area contributed by atoms with E-state index in [4.69, 9.17) is 4.42 Å². The smallest absolute Gasteiger partial charge is 0.159 e. The maximum atomic E-state index is 6.14. The van der Waals surface area contributed by atoms with Crippen molar-refractivity contribution in [1.82, 2.24) is 4.90 Å². The molecule has 0 saturated heterocycles. The van der Waals surface area contributed by atoms with Gasteiger partial charge in [0.1, 0.15) is 11.7 Å². The van der Waals surface area contributed by atoms with Crippen molar-refractivity contribution in [3.05, 3.63) is 54.4 Å². The molecule has 1 aromatic heterocycles. The first-order valence-electron chi connectivity index (χ1n) is 6.95. The van der Waals surface area contributed by atoms with Gasteiger partial charge in [-0.25, -0.2) is 0 Å². The molecule has 0 radical (unpaired) electrons. The summed E-state index contributed by atoms with van der Waals surface area (Å²) in [5.41, 5.74) is 4.60. The van der Waals surface area contributed by atoms with Crippen molar-refractivity contribution in [2.45, 2.75) is 12.6 Å². The molecule has 0 fully saturated rings. The molecule has 3 nitrogen and oxygen atoms in total. The fourth-order valence-corrected chi connectivity index (χ4v) is 3.50. The normalized spacial score (nSPS) is 20.1. The Labute approximate surface area is 116 Å². The van der Waals surface area contributed by atoms with Crippen molar-refractivity contribution < 1.29 is 4.42 Å². The summed E-state index contributed by atoms with van der Waals surface area (Å²) < 4.78 is 6.14. The average Bonchev–Trinajstić information content (AvgIpc) is 3.11. The van der Waals surface area contributed by atoms with Crippen molar-refractivity contribution in [3.8, 4) is 0 Å². The molecular weight excluding hydrogens is 248 g/mol. The van der Waals surface area contributed by atoms with Gasteiger partial charge in [-0.2, -0.15) is 0 Å². The number of hydrogen-bond donors (Lipinski definition) is 0. The van der Waals surface area contributed by atoms with Crippen LogP contribution in [0.25, 0.3) is 21.9 Å². The lowest BCUT2D eigenvalue weighted by Gasteiger charge is -2.23. The van der Waals surface area contributed by atoms with E-state index in [2.05, 4.69) is 53.5 Å². The monoisotopic (exact) mass is 262 g/mol. The third kappa shape index (κ3) is 1.11. The Morgan fingerprint density at radius 1 is 1.05 bits per heavy atom. The molecule has 0 bridgehead atoms. The Kier molecular flexibility index (Phi) is 1.75. The van der Waals surface area contributed by atoms with Crippen molar-refractivity contribution in [1.29, 1.82) is 0 Å². The van der Waals surface area contributed by atoms with Gasteiger partial charge in [-0.15, -0.1) is 0 Å². The van der Waals surface area contributed by atoms with Gasteiger partial charge in [0.05, 0.1) is 5.69 Å². The van der Waals surface area contributed by atoms with Crippen molar-refractivity contribution in [3.63, 3.8) is 0 Å². The lowest BCUT2D eigenvalue weighted by Crippen LogP contribution is -2.33. The van der Waals surface area contributed by atoms with E-state index in [1.165, 1.54) is 22.0 Å². The van der Waals surface area contributed by atoms with E-state index < -0.39 is 0 Å². The van der Waals surface area contributed by atoms with Gasteiger partial charge in [0, 0.05) is 36.6 Å². The van der Waals surface area contributed by atoms with Gasteiger partial charge in [-0.3, -0.25) is 0 Å². The Morgan fingerprint density at radius 2 is 1.95 bits per heavy atom. The first-order valence-corrected chi connectivity index (χ1v) is 6.95. The van der Waals surface area contributed by atoms with Crippen LogP contribution in [-0.2, 0) is 6.42 Å². The Balaban J connectivity index is 1.88. The molecule has 0 amide bonds. The van der Waals surface area contributed by atoms with E-state index in [0.717, 1.165) is 17.6 Å². The zero-order valence-corrected chi connectivity index (χ0v) is 11.2. The molecule has 0 aliphatic carbocycles. The molecule has 2 aromatic carbocycles. The highest BCUT2D eigenvalue weighted by atomic mass is 16.3. The van der Waals surface area contributed by atoms with Crippen molar-refractivity contribution in [2.24, 2.45) is 0 Å². The SMILES string of the molecule is CN1C=CN2c3c(ccc4c3oc3ccccc34)C[C@H]12. The van der Waals surface area contributed by atoms with E-state index in [9.17, 15) is 0 Å². The fourth-order valence-electron chi connectivity index (χ4n) is 3.50. The Hall–Kier alpha value is -2.42. The molecule has 0 N–H and O–H groups in total. The number of anilines is 1. The Morgan fingerprint density at radius 3 is 2.90 bits per heavy atom. The maximum Gasteiger partial charge on any atom is 0.159 e. The van der Waals surface area contributed by atoms with Crippen LogP contribution in [0.15, 0.2) is 53.2 Å². The van der Waals surface area contributed by atoms with Crippen LogP contribution in [0.2, 0.25) is 0 Å². The van der Waals surface area contributed by atoms with E-state index in [0.29, 0.717) is 6.17 Å². The summed E-state index contributed by atoms with van der Waals surface area (Å²) in [7, 11) is 2.13. The molecule has 5 rings (SSSR count). The maximum absolute atomic E-state index is 6.14. The summed E-state index contributed by atoms with van der Waals surface area (Å²) in [4.78, 5) is 4.59. The average molecular weight is 262 g/mol. The fraction of sp³-hybridized carbons (Fsp3) is 0.176. The molecule has 3 aromatic rings. The second-order valence-corrected chi connectivity index (χ2v) is 5.60. The summed E-state index contributed by atoms with van der Waals surface area (Å²) in [6.07, 6.45) is 5.74. The zero-order chi connectivity index (χ0) is 13.3. The number of para-hydroxylation sites is 1. The van der Waals surface area contributed by atoms with Gasteiger partial charge >= 0.3 is 0 Å². The van der Waals surface area contributed by atoms with E-state index in [1.54, 1.807) is 0 Å². The first kappa shape index (κ1) is 10.4. The number of fused-ring (bicyclic) bond motifs is 7. The molecule has 1 atom stereocenters. The molecule has 3 heterocycles. The van der Waals surface area contributed by atoms with E-state index in [-0.39, 0.29) is 0 Å². The van der Waals surface area contributed by atoms with Crippen LogP contribution in [-0.4, -0.2) is 18.1 Å². The molecule has 0 saturated carbocycles. The van der Waals surface area contributed by atoms with Crippen LogP contribution in [0.4, 0.5) is 5.69 Å². The van der Waals surface area contributed by atoms with E-state index >= 15 is 0 Å². The number of furan rings is 1. The predicted molar refractivity (Wildman–Crippen MR) is 80.6 cm³/mol. The second kappa shape index (κ2) is 3.37. The Bertz CT molecular complexity index is 877. The van der Waals surface area contributed by atoms with Gasteiger partial charge in [0.2, 0.25) is 0 Å². The molecule has 2 aliphatic heterocycles. The molecule has 20 heavy (non-hydrogen) atoms. The van der Waals surface area contributed by atoms with E-state index in [1.807, 2.05) is 12.1 Å². The number of benzene rings is 2. The molecule has 0 unspecified atom stereocenters. The highest BCUT2D eigenvalue weighted by Gasteiger charge is 2.35. The number of hydrogen-bond acceptors (Lipinski definition) is 3. The minimum atomic E-state index is 0.406. The topological polar surface area (TPSA) is 19.6 Å². The first-order chi connectivity index (χ1) is 9.83. The lowest BCUT2D eigenvalue weighted by molar-refractivity contribution is 0.369. The molecule has 98 valence electrons. The largest absolute Gasteiger partial charge is 0.454 e. The van der Waals surface area contributed by atoms with Gasteiger partial charge in [0.25, 0.3) is 0 Å². The van der Waals surface area contributed by atoms with Crippen LogP contribution in [0, 0.1) is 0 Å². The number of nitrogens with zero attached hydrogens (tertiary/aromatic N) is 2. The van der Waals surface area contributed by atoms with Gasteiger partial charge in [0.15, 0.2) is 5.58 Å². The van der Waals surface area contributed by atoms with Crippen LogP contribution in [0.3, 0.4) is 0 Å². The summed E-state index contributed by atoms with van der Waals surface area (Å²) >= 11 is 0. The molecule has 2 aliphatic rings. The van der Waals surface area contributed by atoms with Crippen LogP contribution >= 0.6 is 0 Å². The summed E-state index contributed by atoms with van der Waals surface area (Å²) in [5.74, 6) is 0. The third-order valence-corrected chi connectivity index (χ3v) is 4.52. The van der Waals surface area contributed by atoms with Gasteiger partial charge in [-0.1, -0.05) is 30.3 Å². The highest BCUT2D eigenvalue weighted by molar-refractivity contribution is 6.10.